The molecule has 1 atom stereocenters. The van der Waals surface area contributed by atoms with Gasteiger partial charge in [-0.1, -0.05) is 13.8 Å². The number of aromatic nitrogens is 2. The fraction of sp³-hybridized carbons (Fsp3) is 0.400. The lowest BCUT2D eigenvalue weighted by molar-refractivity contribution is -0.125. The van der Waals surface area contributed by atoms with E-state index in [1.54, 1.807) is 17.7 Å². The van der Waals surface area contributed by atoms with Gasteiger partial charge in [0.1, 0.15) is 5.82 Å². The third kappa shape index (κ3) is 4.42. The molecule has 9 heteroatoms. The average Bonchev–Trinajstić information content (AvgIpc) is 2.79. The molecule has 0 spiro atoms. The molecule has 0 aliphatic carbocycles. The predicted molar refractivity (Wildman–Crippen MR) is 92.4 cm³/mol. The Balaban J connectivity index is 0.00000288. The highest BCUT2D eigenvalue weighted by Gasteiger charge is 2.18. The van der Waals surface area contributed by atoms with Crippen LogP contribution in [0.1, 0.15) is 13.8 Å². The maximum absolute atomic E-state index is 13.2. The topological polar surface area (TPSA) is 102 Å². The molecule has 0 aliphatic rings. The number of anilines is 1. The second kappa shape index (κ2) is 8.07. The van der Waals surface area contributed by atoms with Crippen molar-refractivity contribution >= 4 is 41.2 Å². The molecule has 0 radical (unpaired) electrons. The van der Waals surface area contributed by atoms with Gasteiger partial charge >= 0.3 is 0 Å². The molecular weight excluding hydrogens is 337 g/mol. The average molecular weight is 358 g/mol. The van der Waals surface area contributed by atoms with Gasteiger partial charge in [0.15, 0.2) is 0 Å². The van der Waals surface area contributed by atoms with Crippen molar-refractivity contribution in [3.8, 4) is 0 Å². The number of nitrogens with two attached hydrogens (primary N) is 1. The molecule has 0 bridgehead atoms. The van der Waals surface area contributed by atoms with Crippen molar-refractivity contribution < 1.29 is 14.0 Å². The van der Waals surface area contributed by atoms with Crippen molar-refractivity contribution in [3.63, 3.8) is 0 Å². The molecule has 1 heterocycles. The highest BCUT2D eigenvalue weighted by atomic mass is 35.5. The highest BCUT2D eigenvalue weighted by molar-refractivity contribution is 5.95. The van der Waals surface area contributed by atoms with Crippen molar-refractivity contribution in [2.24, 2.45) is 18.7 Å². The van der Waals surface area contributed by atoms with Crippen molar-refractivity contribution in [2.75, 3.05) is 11.9 Å². The van der Waals surface area contributed by atoms with E-state index in [1.165, 1.54) is 12.1 Å². The molecule has 24 heavy (non-hydrogen) atoms. The molecule has 0 unspecified atom stereocenters. The van der Waals surface area contributed by atoms with E-state index in [0.717, 1.165) is 0 Å². The highest BCUT2D eigenvalue weighted by Crippen LogP contribution is 2.18. The van der Waals surface area contributed by atoms with Crippen LogP contribution in [0.2, 0.25) is 0 Å². The number of fused-ring (bicyclic) bond motifs is 1. The largest absolute Gasteiger partial charge is 0.346 e. The standard InChI is InChI=1S/C15H20FN5O2.ClH/c1-8(2)13(17)14(23)18-7-12(22)20-15-19-10-6-9(16)4-5-11(10)21(15)3;/h4-6,8,13H,7,17H2,1-3H3,(H,18,23)(H,19,20,22);1H/t13-;/m0./s1. The first kappa shape index (κ1) is 19.9. The van der Waals surface area contributed by atoms with E-state index in [9.17, 15) is 14.0 Å². The molecule has 2 rings (SSSR count). The summed E-state index contributed by atoms with van der Waals surface area (Å²) in [6.07, 6.45) is 0. The van der Waals surface area contributed by atoms with Crippen LogP contribution in [0.4, 0.5) is 10.3 Å². The van der Waals surface area contributed by atoms with E-state index in [-0.39, 0.29) is 36.7 Å². The number of imidazole rings is 1. The molecule has 4 N–H and O–H groups in total. The number of halogens is 2. The van der Waals surface area contributed by atoms with Crippen molar-refractivity contribution in [3.05, 3.63) is 24.0 Å². The van der Waals surface area contributed by atoms with Gasteiger partial charge < -0.3 is 15.6 Å². The third-order valence-corrected chi connectivity index (χ3v) is 3.54. The minimum absolute atomic E-state index is 0. The molecular formula is C15H21ClFN5O2. The summed E-state index contributed by atoms with van der Waals surface area (Å²) in [6.45, 7) is 3.43. The van der Waals surface area contributed by atoms with Crippen molar-refractivity contribution in [1.82, 2.24) is 14.9 Å². The minimum atomic E-state index is -0.665. The van der Waals surface area contributed by atoms with E-state index < -0.39 is 17.8 Å². The molecule has 0 aliphatic heterocycles. The number of amides is 2. The van der Waals surface area contributed by atoms with Gasteiger partial charge in [-0.2, -0.15) is 0 Å². The number of nitrogens with one attached hydrogen (secondary N) is 2. The maximum atomic E-state index is 13.2. The normalized spacial score (nSPS) is 11.9. The number of rotatable bonds is 5. The number of carbonyl (C=O) groups excluding carboxylic acids is 2. The lowest BCUT2D eigenvalue weighted by atomic mass is 10.1. The first-order valence-electron chi connectivity index (χ1n) is 7.24. The van der Waals surface area contributed by atoms with Crippen LogP contribution in [-0.2, 0) is 16.6 Å². The zero-order valence-corrected chi connectivity index (χ0v) is 14.5. The Labute approximate surface area is 145 Å². The minimum Gasteiger partial charge on any atom is -0.346 e. The fourth-order valence-corrected chi connectivity index (χ4v) is 2.04. The predicted octanol–water partition coefficient (Wildman–Crippen LogP) is 1.17. The first-order valence-corrected chi connectivity index (χ1v) is 7.24. The summed E-state index contributed by atoms with van der Waals surface area (Å²) in [7, 11) is 1.70. The molecule has 0 fully saturated rings. The number of benzene rings is 1. The van der Waals surface area contributed by atoms with Gasteiger partial charge in [-0.3, -0.25) is 14.9 Å². The second-order valence-corrected chi connectivity index (χ2v) is 5.66. The Bertz CT molecular complexity index is 747. The summed E-state index contributed by atoms with van der Waals surface area (Å²) in [4.78, 5) is 27.8. The van der Waals surface area contributed by atoms with Gasteiger partial charge in [-0.25, -0.2) is 9.37 Å². The number of carbonyl (C=O) groups is 2. The summed E-state index contributed by atoms with van der Waals surface area (Å²) in [5, 5.41) is 5.05. The van der Waals surface area contributed by atoms with E-state index in [4.69, 9.17) is 5.73 Å². The van der Waals surface area contributed by atoms with Crippen LogP contribution in [0.3, 0.4) is 0 Å². The third-order valence-electron chi connectivity index (χ3n) is 3.54. The molecule has 2 aromatic rings. The molecule has 7 nitrogen and oxygen atoms in total. The SMILES string of the molecule is CC(C)[C@H](N)C(=O)NCC(=O)Nc1nc2cc(F)ccc2n1C.Cl. The summed E-state index contributed by atoms with van der Waals surface area (Å²) >= 11 is 0. The van der Waals surface area contributed by atoms with Crippen LogP contribution in [0.15, 0.2) is 18.2 Å². The van der Waals surface area contributed by atoms with Crippen LogP contribution in [-0.4, -0.2) is 34.0 Å². The zero-order chi connectivity index (χ0) is 17.1. The first-order chi connectivity index (χ1) is 10.8. The monoisotopic (exact) mass is 357 g/mol. The Hall–Kier alpha value is -2.19. The molecule has 2 amide bonds. The Kier molecular flexibility index (Phi) is 6.68. The van der Waals surface area contributed by atoms with Gasteiger partial charge in [0.05, 0.1) is 23.6 Å². The lowest BCUT2D eigenvalue weighted by Gasteiger charge is -2.15. The van der Waals surface area contributed by atoms with E-state index in [2.05, 4.69) is 15.6 Å². The number of hydrogen-bond donors (Lipinski definition) is 3. The molecule has 1 aromatic carbocycles. The van der Waals surface area contributed by atoms with Gasteiger partial charge in [0.2, 0.25) is 17.8 Å². The second-order valence-electron chi connectivity index (χ2n) is 5.66. The van der Waals surface area contributed by atoms with Crippen molar-refractivity contribution in [1.29, 1.82) is 0 Å². The zero-order valence-electron chi connectivity index (χ0n) is 13.7. The Morgan fingerprint density at radius 3 is 2.67 bits per heavy atom. The van der Waals surface area contributed by atoms with Gasteiger partial charge in [-0.15, -0.1) is 12.4 Å². The fourth-order valence-electron chi connectivity index (χ4n) is 2.04. The molecule has 1 aromatic heterocycles. The smallest absolute Gasteiger partial charge is 0.246 e. The summed E-state index contributed by atoms with van der Waals surface area (Å²) < 4.78 is 14.8. The Morgan fingerprint density at radius 1 is 1.38 bits per heavy atom. The quantitative estimate of drug-likeness (QED) is 0.747. The summed E-state index contributed by atoms with van der Waals surface area (Å²) in [5.41, 5.74) is 6.82. The van der Waals surface area contributed by atoms with E-state index in [1.807, 2.05) is 13.8 Å². The van der Waals surface area contributed by atoms with E-state index >= 15 is 0 Å². The number of nitrogens with zero attached hydrogens (tertiary/aromatic N) is 2. The molecule has 132 valence electrons. The molecule has 0 saturated carbocycles. The summed E-state index contributed by atoms with van der Waals surface area (Å²) in [5.74, 6) is -0.968. The van der Waals surface area contributed by atoms with Crippen LogP contribution in [0, 0.1) is 11.7 Å². The summed E-state index contributed by atoms with van der Waals surface area (Å²) in [6, 6.07) is 3.52. The van der Waals surface area contributed by atoms with Crippen LogP contribution < -0.4 is 16.4 Å². The lowest BCUT2D eigenvalue weighted by Crippen LogP contribution is -2.46. The Morgan fingerprint density at radius 2 is 2.04 bits per heavy atom. The van der Waals surface area contributed by atoms with Gasteiger partial charge in [0, 0.05) is 13.1 Å². The number of aryl methyl sites for hydroxylation is 1. The van der Waals surface area contributed by atoms with E-state index in [0.29, 0.717) is 11.0 Å². The molecule has 0 saturated heterocycles. The van der Waals surface area contributed by atoms with Crippen LogP contribution >= 0.6 is 12.4 Å². The van der Waals surface area contributed by atoms with Gasteiger partial charge in [-0.05, 0) is 18.1 Å². The van der Waals surface area contributed by atoms with Crippen LogP contribution in [0.5, 0.6) is 0 Å². The van der Waals surface area contributed by atoms with Crippen LogP contribution in [0.25, 0.3) is 11.0 Å². The number of hydrogen-bond acceptors (Lipinski definition) is 4. The maximum Gasteiger partial charge on any atom is 0.246 e. The van der Waals surface area contributed by atoms with Gasteiger partial charge in [0.25, 0.3) is 0 Å². The van der Waals surface area contributed by atoms with Crippen molar-refractivity contribution in [2.45, 2.75) is 19.9 Å².